The Morgan fingerprint density at radius 1 is 1.57 bits per heavy atom. The smallest absolute Gasteiger partial charge is 0.222 e. The van der Waals surface area contributed by atoms with Gasteiger partial charge in [0.1, 0.15) is 0 Å². The normalized spacial score (nSPS) is 21.6. The third-order valence-electron chi connectivity index (χ3n) is 2.64. The van der Waals surface area contributed by atoms with Crippen molar-refractivity contribution in [1.82, 2.24) is 9.88 Å². The first kappa shape index (κ1) is 8.99. The Balaban J connectivity index is 2.23. The van der Waals surface area contributed by atoms with Crippen LogP contribution in [0.2, 0.25) is 0 Å². The highest BCUT2D eigenvalue weighted by molar-refractivity contribution is 5.78. The van der Waals surface area contributed by atoms with Crippen molar-refractivity contribution in [3.05, 3.63) is 24.0 Å². The summed E-state index contributed by atoms with van der Waals surface area (Å²) in [6.45, 7) is 0. The van der Waals surface area contributed by atoms with Gasteiger partial charge in [0.15, 0.2) is 0 Å². The van der Waals surface area contributed by atoms with Crippen LogP contribution in [-0.2, 0) is 4.79 Å². The minimum Gasteiger partial charge on any atom is -0.397 e. The molecule has 0 bridgehead atoms. The number of aromatic nitrogens is 1. The van der Waals surface area contributed by atoms with Gasteiger partial charge in [0, 0.05) is 13.5 Å². The fraction of sp³-hybridized carbons (Fsp3) is 0.400. The highest BCUT2D eigenvalue weighted by Gasteiger charge is 2.29. The molecular formula is C10H13N3O. The van der Waals surface area contributed by atoms with E-state index in [1.807, 2.05) is 19.2 Å². The number of likely N-dealkylation sites (tertiary alicyclic amines) is 1. The van der Waals surface area contributed by atoms with Crippen LogP contribution in [0.4, 0.5) is 5.69 Å². The van der Waals surface area contributed by atoms with Crippen molar-refractivity contribution in [2.45, 2.75) is 18.9 Å². The molecule has 1 aromatic rings. The molecule has 1 atom stereocenters. The Kier molecular flexibility index (Phi) is 2.11. The van der Waals surface area contributed by atoms with Crippen LogP contribution in [0.3, 0.4) is 0 Å². The Bertz CT molecular complexity index is 347. The van der Waals surface area contributed by atoms with E-state index >= 15 is 0 Å². The van der Waals surface area contributed by atoms with Gasteiger partial charge in [-0.3, -0.25) is 9.78 Å². The molecule has 74 valence electrons. The number of carbonyl (C=O) groups is 1. The van der Waals surface area contributed by atoms with Crippen molar-refractivity contribution < 1.29 is 4.79 Å². The lowest BCUT2D eigenvalue weighted by Crippen LogP contribution is -2.23. The summed E-state index contributed by atoms with van der Waals surface area (Å²) in [7, 11) is 1.82. The molecule has 1 aliphatic rings. The van der Waals surface area contributed by atoms with Crippen molar-refractivity contribution in [3.8, 4) is 0 Å². The average Bonchev–Trinajstić information content (AvgIpc) is 2.50. The quantitative estimate of drug-likeness (QED) is 0.719. The number of nitrogens with two attached hydrogens (primary N) is 1. The van der Waals surface area contributed by atoms with E-state index in [4.69, 9.17) is 5.73 Å². The molecule has 0 radical (unpaired) electrons. The maximum absolute atomic E-state index is 11.3. The fourth-order valence-electron chi connectivity index (χ4n) is 1.76. The van der Waals surface area contributed by atoms with E-state index in [0.29, 0.717) is 12.1 Å². The predicted molar refractivity (Wildman–Crippen MR) is 53.4 cm³/mol. The molecule has 14 heavy (non-hydrogen) atoms. The topological polar surface area (TPSA) is 59.2 Å². The number of hydrogen-bond donors (Lipinski definition) is 1. The van der Waals surface area contributed by atoms with Gasteiger partial charge in [-0.15, -0.1) is 0 Å². The van der Waals surface area contributed by atoms with Crippen molar-refractivity contribution >= 4 is 11.6 Å². The highest BCUT2D eigenvalue weighted by Crippen LogP contribution is 2.29. The first-order valence-corrected chi connectivity index (χ1v) is 4.65. The number of amides is 1. The van der Waals surface area contributed by atoms with Crippen LogP contribution >= 0.6 is 0 Å². The van der Waals surface area contributed by atoms with Crippen LogP contribution in [0.1, 0.15) is 24.6 Å². The summed E-state index contributed by atoms with van der Waals surface area (Å²) >= 11 is 0. The standard InChI is InChI=1S/C10H13N3O/c1-13-9(4-5-10(13)14)8-3-2-7(11)6-12-8/h2-3,6,9H,4-5,11H2,1H3. The van der Waals surface area contributed by atoms with Crippen molar-refractivity contribution in [2.24, 2.45) is 0 Å². The van der Waals surface area contributed by atoms with Gasteiger partial charge in [-0.2, -0.15) is 0 Å². The van der Waals surface area contributed by atoms with Gasteiger partial charge in [0.25, 0.3) is 0 Å². The molecule has 0 aliphatic carbocycles. The number of nitrogen functional groups attached to an aromatic ring is 1. The molecule has 2 heterocycles. The molecule has 1 unspecified atom stereocenters. The number of rotatable bonds is 1. The molecule has 4 nitrogen and oxygen atoms in total. The second kappa shape index (κ2) is 3.29. The second-order valence-corrected chi connectivity index (χ2v) is 3.58. The van der Waals surface area contributed by atoms with Gasteiger partial charge in [-0.05, 0) is 18.6 Å². The summed E-state index contributed by atoms with van der Waals surface area (Å²) in [6, 6.07) is 3.83. The molecule has 1 saturated heterocycles. The summed E-state index contributed by atoms with van der Waals surface area (Å²) in [5.41, 5.74) is 7.12. The van der Waals surface area contributed by atoms with Gasteiger partial charge >= 0.3 is 0 Å². The molecule has 0 spiro atoms. The van der Waals surface area contributed by atoms with Crippen LogP contribution in [0.25, 0.3) is 0 Å². The molecular weight excluding hydrogens is 178 g/mol. The highest BCUT2D eigenvalue weighted by atomic mass is 16.2. The summed E-state index contributed by atoms with van der Waals surface area (Å²) < 4.78 is 0. The molecule has 0 aromatic carbocycles. The molecule has 2 N–H and O–H groups in total. The summed E-state index contributed by atoms with van der Waals surface area (Å²) in [6.07, 6.45) is 3.10. The number of carbonyl (C=O) groups excluding carboxylic acids is 1. The first-order valence-electron chi connectivity index (χ1n) is 4.65. The molecule has 4 heteroatoms. The Morgan fingerprint density at radius 2 is 2.36 bits per heavy atom. The molecule has 1 fully saturated rings. The Morgan fingerprint density at radius 3 is 2.86 bits per heavy atom. The van der Waals surface area contributed by atoms with Gasteiger partial charge in [0.2, 0.25) is 5.91 Å². The molecule has 0 saturated carbocycles. The van der Waals surface area contributed by atoms with E-state index in [9.17, 15) is 4.79 Å². The zero-order valence-electron chi connectivity index (χ0n) is 8.10. The zero-order valence-corrected chi connectivity index (χ0v) is 8.10. The van der Waals surface area contributed by atoms with E-state index in [2.05, 4.69) is 4.98 Å². The summed E-state index contributed by atoms with van der Waals surface area (Å²) in [5.74, 6) is 0.189. The lowest BCUT2D eigenvalue weighted by Gasteiger charge is -2.18. The van der Waals surface area contributed by atoms with Gasteiger partial charge in [-0.25, -0.2) is 0 Å². The van der Waals surface area contributed by atoms with Crippen molar-refractivity contribution in [3.63, 3.8) is 0 Å². The number of anilines is 1. The van der Waals surface area contributed by atoms with E-state index in [1.54, 1.807) is 11.1 Å². The largest absolute Gasteiger partial charge is 0.397 e. The van der Waals surface area contributed by atoms with Crippen molar-refractivity contribution in [2.75, 3.05) is 12.8 Å². The molecule has 1 aromatic heterocycles. The first-order chi connectivity index (χ1) is 6.68. The Labute approximate surface area is 82.7 Å². The van der Waals surface area contributed by atoms with E-state index in [-0.39, 0.29) is 11.9 Å². The fourth-order valence-corrected chi connectivity index (χ4v) is 1.76. The SMILES string of the molecule is CN1C(=O)CCC1c1ccc(N)cn1. The van der Waals surface area contributed by atoms with Gasteiger partial charge in [0.05, 0.1) is 23.6 Å². The molecule has 2 rings (SSSR count). The zero-order chi connectivity index (χ0) is 10.1. The van der Waals surface area contributed by atoms with Gasteiger partial charge < -0.3 is 10.6 Å². The number of hydrogen-bond acceptors (Lipinski definition) is 3. The minimum absolute atomic E-state index is 0.128. The van der Waals surface area contributed by atoms with Crippen LogP contribution in [0.5, 0.6) is 0 Å². The van der Waals surface area contributed by atoms with Crippen LogP contribution in [0, 0.1) is 0 Å². The number of nitrogens with zero attached hydrogens (tertiary/aromatic N) is 2. The average molecular weight is 191 g/mol. The van der Waals surface area contributed by atoms with E-state index in [0.717, 1.165) is 12.1 Å². The summed E-state index contributed by atoms with van der Waals surface area (Å²) in [5, 5.41) is 0. The van der Waals surface area contributed by atoms with E-state index in [1.165, 1.54) is 0 Å². The van der Waals surface area contributed by atoms with Crippen LogP contribution in [-0.4, -0.2) is 22.8 Å². The molecule has 1 aliphatic heterocycles. The monoisotopic (exact) mass is 191 g/mol. The Hall–Kier alpha value is -1.58. The van der Waals surface area contributed by atoms with Crippen LogP contribution < -0.4 is 5.73 Å². The second-order valence-electron chi connectivity index (χ2n) is 3.58. The van der Waals surface area contributed by atoms with Crippen LogP contribution in [0.15, 0.2) is 18.3 Å². The van der Waals surface area contributed by atoms with E-state index < -0.39 is 0 Å². The summed E-state index contributed by atoms with van der Waals surface area (Å²) in [4.78, 5) is 17.3. The lowest BCUT2D eigenvalue weighted by molar-refractivity contribution is -0.127. The maximum atomic E-state index is 11.3. The van der Waals surface area contributed by atoms with Gasteiger partial charge in [-0.1, -0.05) is 0 Å². The third kappa shape index (κ3) is 1.43. The maximum Gasteiger partial charge on any atom is 0.222 e. The lowest BCUT2D eigenvalue weighted by atomic mass is 10.1. The molecule has 1 amide bonds. The number of pyridine rings is 1. The predicted octanol–water partition coefficient (Wildman–Crippen LogP) is 0.957. The minimum atomic E-state index is 0.128. The van der Waals surface area contributed by atoms with Crippen molar-refractivity contribution in [1.29, 1.82) is 0 Å². The third-order valence-corrected chi connectivity index (χ3v) is 2.64.